The van der Waals surface area contributed by atoms with Crippen molar-refractivity contribution in [2.24, 2.45) is 0 Å². The standard InChI is InChI=1S/C86H157NO8/c1-6-8-10-12-14-16-18-20-22-24-26-28-30-32-34-36-38-39-40-41-42-43-44-45-47-48-50-52-54-56-58-60-62-64-66-68-70-72-74-76-83(88)93-80-82(81-94-86(85(90)91)92-79-78-87(3,4)5)95-84(89)77-75-73-71-69-67-65-63-61-59-57-55-53-51-49-46-37-35-33-31-29-27-25-23-21-19-17-15-13-11-9-7-2/h9,11,15,17,21,23-24,26-27,29,33,35,82,86H,6-8,10,12-14,16,18-20,22,25,28,30-32,34,36-81H2,1-5H3/b11-9-,17-15-,23-21-,26-24-,29-27-,35-33-. The quantitative estimate of drug-likeness (QED) is 0.0195. The van der Waals surface area contributed by atoms with E-state index in [-0.39, 0.29) is 32.2 Å². The van der Waals surface area contributed by atoms with Crippen LogP contribution in [0, 0.1) is 0 Å². The van der Waals surface area contributed by atoms with Crippen LogP contribution in [0.3, 0.4) is 0 Å². The highest BCUT2D eigenvalue weighted by Gasteiger charge is 2.22. The lowest BCUT2D eigenvalue weighted by Gasteiger charge is -2.26. The first-order valence-electron chi connectivity index (χ1n) is 41.1. The van der Waals surface area contributed by atoms with Gasteiger partial charge in [-0.2, -0.15) is 0 Å². The highest BCUT2D eigenvalue weighted by molar-refractivity contribution is 5.70. The van der Waals surface area contributed by atoms with Crippen LogP contribution in [0.4, 0.5) is 0 Å². The molecule has 0 amide bonds. The van der Waals surface area contributed by atoms with E-state index in [9.17, 15) is 19.5 Å². The Balaban J connectivity index is 3.96. The Kier molecular flexibility index (Phi) is 73.9. The van der Waals surface area contributed by atoms with Crippen LogP contribution < -0.4 is 5.11 Å². The first kappa shape index (κ1) is 91.7. The molecular formula is C86H157NO8. The minimum atomic E-state index is -1.62. The Morgan fingerprint density at radius 3 is 0.905 bits per heavy atom. The largest absolute Gasteiger partial charge is 0.545 e. The number of carbonyl (C=O) groups is 3. The van der Waals surface area contributed by atoms with Crippen molar-refractivity contribution < 1.29 is 42.9 Å². The van der Waals surface area contributed by atoms with Gasteiger partial charge in [0, 0.05) is 12.8 Å². The number of hydrogen-bond donors (Lipinski definition) is 0. The maximum atomic E-state index is 13.0. The van der Waals surface area contributed by atoms with Crippen molar-refractivity contribution in [3.8, 4) is 0 Å². The SMILES string of the molecule is CC/C=C\C/C=C\C/C=C\C/C=C\C/C=C\CCCCCCCCCCCCCCCCCC(=O)OC(COC(=O)CCCCCCCCCCCCCCCCCCCCCCCCCCCCC/C=C\CCCCCCCCCC)COC(OCC[N+](C)(C)C)C(=O)[O-]. The van der Waals surface area contributed by atoms with Crippen molar-refractivity contribution in [2.45, 2.75) is 411 Å². The average Bonchev–Trinajstić information content (AvgIpc) is 3.24. The third-order valence-electron chi connectivity index (χ3n) is 18.4. The second-order valence-corrected chi connectivity index (χ2v) is 29.0. The first-order chi connectivity index (χ1) is 46.6. The Morgan fingerprint density at radius 2 is 0.600 bits per heavy atom. The fraction of sp³-hybridized carbons (Fsp3) is 0.826. The smallest absolute Gasteiger partial charge is 0.306 e. The average molecular weight is 1330 g/mol. The Labute approximate surface area is 589 Å². The summed E-state index contributed by atoms with van der Waals surface area (Å²) in [5.74, 6) is -2.26. The van der Waals surface area contributed by atoms with Crippen LogP contribution in [0.15, 0.2) is 72.9 Å². The van der Waals surface area contributed by atoms with Crippen LogP contribution >= 0.6 is 0 Å². The van der Waals surface area contributed by atoms with Gasteiger partial charge < -0.3 is 33.3 Å². The molecule has 0 heterocycles. The number of quaternary nitrogens is 1. The van der Waals surface area contributed by atoms with Gasteiger partial charge in [0.25, 0.3) is 0 Å². The van der Waals surface area contributed by atoms with E-state index in [1.807, 2.05) is 21.1 Å². The van der Waals surface area contributed by atoms with Crippen LogP contribution in [-0.4, -0.2) is 82.3 Å². The lowest BCUT2D eigenvalue weighted by Crippen LogP contribution is -2.44. The monoisotopic (exact) mass is 1330 g/mol. The van der Waals surface area contributed by atoms with Gasteiger partial charge in [-0.15, -0.1) is 0 Å². The molecule has 0 radical (unpaired) electrons. The molecule has 2 unspecified atom stereocenters. The summed E-state index contributed by atoms with van der Waals surface area (Å²) in [5.41, 5.74) is 0. The van der Waals surface area contributed by atoms with E-state index in [0.29, 0.717) is 23.9 Å². The molecule has 0 saturated heterocycles. The molecule has 554 valence electrons. The summed E-state index contributed by atoms with van der Waals surface area (Å²) in [6.45, 7) is 4.70. The number of esters is 2. The van der Waals surface area contributed by atoms with E-state index in [2.05, 4.69) is 86.8 Å². The van der Waals surface area contributed by atoms with Gasteiger partial charge in [0.05, 0.1) is 40.3 Å². The van der Waals surface area contributed by atoms with E-state index < -0.39 is 24.3 Å². The van der Waals surface area contributed by atoms with Gasteiger partial charge in [-0.1, -0.05) is 376 Å². The van der Waals surface area contributed by atoms with Crippen LogP contribution in [0.25, 0.3) is 0 Å². The molecule has 0 aliphatic carbocycles. The fourth-order valence-electron chi connectivity index (χ4n) is 12.2. The topological polar surface area (TPSA) is 111 Å². The second-order valence-electron chi connectivity index (χ2n) is 29.0. The van der Waals surface area contributed by atoms with Gasteiger partial charge in [0.2, 0.25) is 0 Å². The predicted octanol–water partition coefficient (Wildman–Crippen LogP) is 25.0. The van der Waals surface area contributed by atoms with Crippen LogP contribution in [0.1, 0.15) is 399 Å². The van der Waals surface area contributed by atoms with E-state index in [0.717, 1.165) is 64.2 Å². The normalized spacial score (nSPS) is 13.0. The van der Waals surface area contributed by atoms with Crippen molar-refractivity contribution in [2.75, 3.05) is 47.5 Å². The lowest BCUT2D eigenvalue weighted by molar-refractivity contribution is -0.870. The number of carboxylic acid groups (broad SMARTS) is 1. The minimum Gasteiger partial charge on any atom is -0.545 e. The summed E-state index contributed by atoms with van der Waals surface area (Å²) in [7, 11) is 5.95. The number of carbonyl (C=O) groups excluding carboxylic acids is 3. The van der Waals surface area contributed by atoms with Crippen molar-refractivity contribution >= 4 is 17.9 Å². The third kappa shape index (κ3) is 77.9. The molecule has 0 bridgehead atoms. The number of carboxylic acids is 1. The number of aliphatic carboxylic acids is 1. The molecule has 0 spiro atoms. The Bertz CT molecular complexity index is 1790. The van der Waals surface area contributed by atoms with Gasteiger partial charge in [0.15, 0.2) is 12.4 Å². The van der Waals surface area contributed by atoms with E-state index in [1.54, 1.807) is 0 Å². The zero-order valence-electron chi connectivity index (χ0n) is 63.6. The summed E-state index contributed by atoms with van der Waals surface area (Å²) in [6, 6.07) is 0. The number of allylic oxidation sites excluding steroid dienone is 12. The van der Waals surface area contributed by atoms with Crippen molar-refractivity contribution in [1.82, 2.24) is 0 Å². The van der Waals surface area contributed by atoms with Crippen molar-refractivity contribution in [3.05, 3.63) is 72.9 Å². The molecule has 2 atom stereocenters. The highest BCUT2D eigenvalue weighted by atomic mass is 16.7. The van der Waals surface area contributed by atoms with E-state index >= 15 is 0 Å². The summed E-state index contributed by atoms with van der Waals surface area (Å²) in [5, 5.41) is 11.9. The summed E-state index contributed by atoms with van der Waals surface area (Å²) < 4.78 is 22.9. The predicted molar refractivity (Wildman–Crippen MR) is 408 cm³/mol. The van der Waals surface area contributed by atoms with Gasteiger partial charge in [-0.05, 0) is 83.5 Å². The molecule has 0 rings (SSSR count). The lowest BCUT2D eigenvalue weighted by atomic mass is 10.0. The van der Waals surface area contributed by atoms with Crippen molar-refractivity contribution in [1.29, 1.82) is 0 Å². The minimum absolute atomic E-state index is 0.148. The zero-order chi connectivity index (χ0) is 69.0. The summed E-state index contributed by atoms with van der Waals surface area (Å²) >= 11 is 0. The molecule has 0 aromatic heterocycles. The van der Waals surface area contributed by atoms with Crippen LogP contribution in [0.2, 0.25) is 0 Å². The maximum absolute atomic E-state index is 13.0. The maximum Gasteiger partial charge on any atom is 0.306 e. The molecule has 0 aliphatic heterocycles. The first-order valence-corrected chi connectivity index (χ1v) is 41.1. The third-order valence-corrected chi connectivity index (χ3v) is 18.4. The molecule has 0 N–H and O–H groups in total. The van der Waals surface area contributed by atoms with Gasteiger partial charge in [0.1, 0.15) is 13.2 Å². The second kappa shape index (κ2) is 76.5. The zero-order valence-corrected chi connectivity index (χ0v) is 63.6. The molecule has 9 nitrogen and oxygen atoms in total. The van der Waals surface area contributed by atoms with Crippen LogP contribution in [0.5, 0.6) is 0 Å². The number of unbranched alkanes of at least 4 members (excludes halogenated alkanes) is 50. The Morgan fingerprint density at radius 1 is 0.326 bits per heavy atom. The molecule has 9 heteroatoms. The number of nitrogens with zero attached hydrogens (tertiary/aromatic N) is 1. The number of likely N-dealkylation sites (N-methyl/N-ethyl adjacent to an activating group) is 1. The van der Waals surface area contributed by atoms with E-state index in [4.69, 9.17) is 18.9 Å². The molecule has 0 aliphatic rings. The molecule has 95 heavy (non-hydrogen) atoms. The molecule has 0 saturated carbocycles. The number of ether oxygens (including phenoxy) is 4. The fourth-order valence-corrected chi connectivity index (χ4v) is 12.2. The van der Waals surface area contributed by atoms with Gasteiger partial charge in [-0.3, -0.25) is 9.59 Å². The van der Waals surface area contributed by atoms with Gasteiger partial charge >= 0.3 is 11.9 Å². The van der Waals surface area contributed by atoms with Gasteiger partial charge in [-0.25, -0.2) is 0 Å². The number of rotatable bonds is 77. The Hall–Kier alpha value is -3.27. The van der Waals surface area contributed by atoms with Crippen LogP contribution in [-0.2, 0) is 33.3 Å². The molecule has 0 aromatic rings. The van der Waals surface area contributed by atoms with Crippen molar-refractivity contribution in [3.63, 3.8) is 0 Å². The van der Waals surface area contributed by atoms with E-state index in [1.165, 1.54) is 302 Å². The summed E-state index contributed by atoms with van der Waals surface area (Å²) in [4.78, 5) is 37.6. The molecule has 0 fully saturated rings. The molecule has 0 aromatic carbocycles. The highest BCUT2D eigenvalue weighted by Crippen LogP contribution is 2.20. The summed E-state index contributed by atoms with van der Waals surface area (Å²) in [6.07, 6.45) is 100. The molecular weight excluding hydrogens is 1170 g/mol. The number of hydrogen-bond acceptors (Lipinski definition) is 8.